The Morgan fingerprint density at radius 3 is 2.47 bits per heavy atom. The molecule has 0 amide bonds. The zero-order valence-corrected chi connectivity index (χ0v) is 9.58. The minimum absolute atomic E-state index is 0.454. The smallest absolute Gasteiger partial charge is 0.00392 e. The maximum absolute atomic E-state index is 5.95. The van der Waals surface area contributed by atoms with Gasteiger partial charge in [-0.2, -0.15) is 0 Å². The van der Waals surface area contributed by atoms with Gasteiger partial charge in [-0.25, -0.2) is 0 Å². The molecule has 0 atom stereocenters. The second kappa shape index (κ2) is 4.80. The number of aryl methyl sites for hydroxylation is 1. The fraction of sp³-hybridized carbons (Fsp3) is 0.571. The molecule has 1 aliphatic rings. The lowest BCUT2D eigenvalue weighted by Gasteiger charge is -2.27. The van der Waals surface area contributed by atoms with E-state index in [1.54, 1.807) is 5.56 Å². The monoisotopic (exact) mass is 203 g/mol. The standard InChI is InChI=1S/C14H21N/c1-2-11-5-3-4-6-14(11)12-7-9-13(15)10-8-12/h3-6,12-13H,2,7-10,15H2,1H3. The van der Waals surface area contributed by atoms with Gasteiger partial charge in [0.25, 0.3) is 0 Å². The Balaban J connectivity index is 2.15. The van der Waals surface area contributed by atoms with Crippen LogP contribution in [0.1, 0.15) is 49.7 Å². The second-order valence-electron chi connectivity index (χ2n) is 4.66. The van der Waals surface area contributed by atoms with Crippen LogP contribution in [0, 0.1) is 0 Å². The highest BCUT2D eigenvalue weighted by molar-refractivity contribution is 5.30. The number of nitrogens with two attached hydrogens (primary N) is 1. The predicted octanol–water partition coefficient (Wildman–Crippen LogP) is 3.23. The largest absolute Gasteiger partial charge is 0.328 e. The summed E-state index contributed by atoms with van der Waals surface area (Å²) in [6.07, 6.45) is 6.10. The van der Waals surface area contributed by atoms with Crippen LogP contribution in [-0.2, 0) is 6.42 Å². The Morgan fingerprint density at radius 1 is 1.13 bits per heavy atom. The van der Waals surface area contributed by atoms with E-state index in [2.05, 4.69) is 31.2 Å². The van der Waals surface area contributed by atoms with Gasteiger partial charge in [-0.1, -0.05) is 31.2 Å². The molecule has 0 aromatic heterocycles. The molecule has 0 saturated heterocycles. The van der Waals surface area contributed by atoms with Crippen LogP contribution < -0.4 is 5.73 Å². The van der Waals surface area contributed by atoms with Gasteiger partial charge < -0.3 is 5.73 Å². The maximum atomic E-state index is 5.95. The molecule has 0 spiro atoms. The van der Waals surface area contributed by atoms with Gasteiger partial charge in [-0.15, -0.1) is 0 Å². The summed E-state index contributed by atoms with van der Waals surface area (Å²) in [5.41, 5.74) is 9.05. The highest BCUT2D eigenvalue weighted by Gasteiger charge is 2.21. The van der Waals surface area contributed by atoms with Gasteiger partial charge in [0.2, 0.25) is 0 Å². The molecule has 0 bridgehead atoms. The number of hydrogen-bond acceptors (Lipinski definition) is 1. The first-order chi connectivity index (χ1) is 7.31. The van der Waals surface area contributed by atoms with Crippen LogP contribution in [0.25, 0.3) is 0 Å². The zero-order valence-electron chi connectivity index (χ0n) is 9.58. The average Bonchev–Trinajstić information content (AvgIpc) is 2.30. The molecule has 1 aromatic rings. The van der Waals surface area contributed by atoms with Crippen molar-refractivity contribution in [1.29, 1.82) is 0 Å². The van der Waals surface area contributed by atoms with Crippen molar-refractivity contribution in [1.82, 2.24) is 0 Å². The molecule has 0 radical (unpaired) electrons. The van der Waals surface area contributed by atoms with Gasteiger partial charge in [0, 0.05) is 6.04 Å². The molecular formula is C14H21N. The van der Waals surface area contributed by atoms with Crippen LogP contribution in [-0.4, -0.2) is 6.04 Å². The summed E-state index contributed by atoms with van der Waals surface area (Å²) in [7, 11) is 0. The Kier molecular flexibility index (Phi) is 3.42. The summed E-state index contributed by atoms with van der Waals surface area (Å²) >= 11 is 0. The molecular weight excluding hydrogens is 182 g/mol. The third kappa shape index (κ3) is 2.40. The first-order valence-electron chi connectivity index (χ1n) is 6.14. The first kappa shape index (κ1) is 10.7. The summed E-state index contributed by atoms with van der Waals surface area (Å²) in [4.78, 5) is 0. The molecule has 1 aromatic carbocycles. The lowest BCUT2D eigenvalue weighted by molar-refractivity contribution is 0.394. The summed E-state index contributed by atoms with van der Waals surface area (Å²) < 4.78 is 0. The Bertz CT molecular complexity index is 311. The van der Waals surface area contributed by atoms with Crippen molar-refractivity contribution in [3.8, 4) is 0 Å². The van der Waals surface area contributed by atoms with Crippen LogP contribution in [0.2, 0.25) is 0 Å². The Labute approximate surface area is 92.7 Å². The van der Waals surface area contributed by atoms with E-state index in [9.17, 15) is 0 Å². The van der Waals surface area contributed by atoms with E-state index in [1.165, 1.54) is 31.2 Å². The third-order valence-electron chi connectivity index (χ3n) is 3.65. The molecule has 1 fully saturated rings. The molecule has 1 saturated carbocycles. The van der Waals surface area contributed by atoms with Crippen molar-refractivity contribution < 1.29 is 0 Å². The molecule has 15 heavy (non-hydrogen) atoms. The highest BCUT2D eigenvalue weighted by atomic mass is 14.6. The molecule has 82 valence electrons. The molecule has 1 heteroatoms. The third-order valence-corrected chi connectivity index (χ3v) is 3.65. The van der Waals surface area contributed by atoms with Gasteiger partial charge in [0.1, 0.15) is 0 Å². The Hall–Kier alpha value is -0.820. The highest BCUT2D eigenvalue weighted by Crippen LogP contribution is 2.34. The lowest BCUT2D eigenvalue weighted by Crippen LogP contribution is -2.26. The van der Waals surface area contributed by atoms with E-state index in [0.717, 1.165) is 12.3 Å². The fourth-order valence-corrected chi connectivity index (χ4v) is 2.68. The van der Waals surface area contributed by atoms with Crippen molar-refractivity contribution in [3.63, 3.8) is 0 Å². The minimum atomic E-state index is 0.454. The predicted molar refractivity (Wildman–Crippen MR) is 65.0 cm³/mol. The molecule has 1 nitrogen and oxygen atoms in total. The van der Waals surface area contributed by atoms with Gasteiger partial charge in [-0.3, -0.25) is 0 Å². The number of hydrogen-bond donors (Lipinski definition) is 1. The SMILES string of the molecule is CCc1ccccc1C1CCC(N)CC1. The van der Waals surface area contributed by atoms with E-state index >= 15 is 0 Å². The van der Waals surface area contributed by atoms with Crippen molar-refractivity contribution in [2.75, 3.05) is 0 Å². The van der Waals surface area contributed by atoms with Gasteiger partial charge >= 0.3 is 0 Å². The van der Waals surface area contributed by atoms with Crippen LogP contribution in [0.3, 0.4) is 0 Å². The van der Waals surface area contributed by atoms with E-state index in [-0.39, 0.29) is 0 Å². The number of rotatable bonds is 2. The molecule has 0 unspecified atom stereocenters. The molecule has 0 heterocycles. The Morgan fingerprint density at radius 2 is 1.80 bits per heavy atom. The second-order valence-corrected chi connectivity index (χ2v) is 4.66. The molecule has 1 aliphatic carbocycles. The van der Waals surface area contributed by atoms with Crippen molar-refractivity contribution in [2.45, 2.75) is 51.0 Å². The van der Waals surface area contributed by atoms with Crippen LogP contribution in [0.4, 0.5) is 0 Å². The van der Waals surface area contributed by atoms with Gasteiger partial charge in [0.05, 0.1) is 0 Å². The minimum Gasteiger partial charge on any atom is -0.328 e. The fourth-order valence-electron chi connectivity index (χ4n) is 2.68. The summed E-state index contributed by atoms with van der Waals surface area (Å²) in [6.45, 7) is 2.24. The first-order valence-corrected chi connectivity index (χ1v) is 6.14. The van der Waals surface area contributed by atoms with Gasteiger partial charge in [0.15, 0.2) is 0 Å². The number of benzene rings is 1. The topological polar surface area (TPSA) is 26.0 Å². The van der Waals surface area contributed by atoms with Crippen LogP contribution >= 0.6 is 0 Å². The van der Waals surface area contributed by atoms with Crippen LogP contribution in [0.15, 0.2) is 24.3 Å². The molecule has 0 aliphatic heterocycles. The van der Waals surface area contributed by atoms with E-state index in [1.807, 2.05) is 0 Å². The quantitative estimate of drug-likeness (QED) is 0.784. The van der Waals surface area contributed by atoms with Crippen molar-refractivity contribution in [3.05, 3.63) is 35.4 Å². The summed E-state index contributed by atoms with van der Waals surface area (Å²) in [6, 6.07) is 9.35. The zero-order chi connectivity index (χ0) is 10.7. The average molecular weight is 203 g/mol. The van der Waals surface area contributed by atoms with E-state index in [4.69, 9.17) is 5.73 Å². The lowest BCUT2D eigenvalue weighted by atomic mass is 9.80. The van der Waals surface area contributed by atoms with E-state index in [0.29, 0.717) is 6.04 Å². The molecule has 2 N–H and O–H groups in total. The van der Waals surface area contributed by atoms with E-state index < -0.39 is 0 Å². The normalized spacial score (nSPS) is 26.5. The van der Waals surface area contributed by atoms with Crippen molar-refractivity contribution in [2.24, 2.45) is 5.73 Å². The van der Waals surface area contributed by atoms with Gasteiger partial charge in [-0.05, 0) is 49.1 Å². The maximum Gasteiger partial charge on any atom is 0.00392 e. The summed E-state index contributed by atoms with van der Waals surface area (Å²) in [5, 5.41) is 0. The van der Waals surface area contributed by atoms with Crippen molar-refractivity contribution >= 4 is 0 Å². The summed E-state index contributed by atoms with van der Waals surface area (Å²) in [5.74, 6) is 0.765. The molecule has 2 rings (SSSR count). The van der Waals surface area contributed by atoms with Crippen LogP contribution in [0.5, 0.6) is 0 Å².